The quantitative estimate of drug-likeness (QED) is 0.602. The van der Waals surface area contributed by atoms with Crippen molar-refractivity contribution in [1.29, 1.82) is 0 Å². The molecule has 2 aromatic carbocycles. The first-order valence-corrected chi connectivity index (χ1v) is 11.6. The molecular weight excluding hydrogens is 414 g/mol. The lowest BCUT2D eigenvalue weighted by atomic mass is 9.86. The van der Waals surface area contributed by atoms with Gasteiger partial charge < -0.3 is 15.5 Å². The maximum absolute atomic E-state index is 13.0. The molecular formula is C27H37N3O3. The fraction of sp³-hybridized carbons (Fsp3) is 0.444. The van der Waals surface area contributed by atoms with E-state index in [1.165, 1.54) is 0 Å². The monoisotopic (exact) mass is 451 g/mol. The zero-order chi connectivity index (χ0) is 24.8. The molecule has 178 valence electrons. The average Bonchev–Trinajstić information content (AvgIpc) is 2.77. The predicted molar refractivity (Wildman–Crippen MR) is 134 cm³/mol. The van der Waals surface area contributed by atoms with Crippen LogP contribution in [0.4, 0.5) is 5.69 Å². The van der Waals surface area contributed by atoms with Crippen LogP contribution in [0.15, 0.2) is 48.5 Å². The smallest absolute Gasteiger partial charge is 0.253 e. The lowest BCUT2D eigenvalue weighted by molar-refractivity contribution is -0.118. The Morgan fingerprint density at radius 2 is 1.52 bits per heavy atom. The molecule has 0 aliphatic rings. The minimum Gasteiger partial charge on any atom is -0.340 e. The van der Waals surface area contributed by atoms with Gasteiger partial charge in [-0.3, -0.25) is 14.4 Å². The van der Waals surface area contributed by atoms with Crippen LogP contribution >= 0.6 is 0 Å². The molecule has 0 radical (unpaired) electrons. The van der Waals surface area contributed by atoms with Crippen LogP contribution in [0.2, 0.25) is 0 Å². The Morgan fingerprint density at radius 3 is 2.03 bits per heavy atom. The number of nitrogens with zero attached hydrogens (tertiary/aromatic N) is 1. The van der Waals surface area contributed by atoms with E-state index in [0.29, 0.717) is 29.9 Å². The summed E-state index contributed by atoms with van der Waals surface area (Å²) >= 11 is 0. The Labute approximate surface area is 197 Å². The summed E-state index contributed by atoms with van der Waals surface area (Å²) < 4.78 is 0. The first kappa shape index (κ1) is 26.1. The summed E-state index contributed by atoms with van der Waals surface area (Å²) in [6.07, 6.45) is 0. The van der Waals surface area contributed by atoms with E-state index in [1.807, 2.05) is 39.8 Å². The number of anilines is 1. The highest BCUT2D eigenvalue weighted by Gasteiger charge is 2.25. The lowest BCUT2D eigenvalue weighted by Gasteiger charge is -2.23. The van der Waals surface area contributed by atoms with Crippen LogP contribution < -0.4 is 10.6 Å². The van der Waals surface area contributed by atoms with Gasteiger partial charge in [-0.1, -0.05) is 52.8 Å². The average molecular weight is 452 g/mol. The second-order valence-electron chi connectivity index (χ2n) is 9.57. The summed E-state index contributed by atoms with van der Waals surface area (Å²) in [6, 6.07) is 13.6. The van der Waals surface area contributed by atoms with E-state index in [1.54, 1.807) is 41.3 Å². The van der Waals surface area contributed by atoms with Gasteiger partial charge in [-0.2, -0.15) is 0 Å². The standard InChI is InChI=1S/C27H37N3O3/c1-8-30(9-2)26(33)20-11-10-12-22(17-20)28-25(32)23(18(3)4)29-24(31)19-13-15-21(16-14-19)27(5,6)7/h10-18,23H,8-9H2,1-7H3,(H,28,32)(H,29,31)/t23-/m0/s1. The molecule has 0 bridgehead atoms. The molecule has 0 heterocycles. The molecule has 0 saturated carbocycles. The highest BCUT2D eigenvalue weighted by Crippen LogP contribution is 2.22. The Kier molecular flexibility index (Phi) is 8.80. The molecule has 6 nitrogen and oxygen atoms in total. The molecule has 0 aliphatic heterocycles. The molecule has 2 aromatic rings. The molecule has 6 heteroatoms. The highest BCUT2D eigenvalue weighted by atomic mass is 16.2. The number of rotatable bonds is 8. The fourth-order valence-corrected chi connectivity index (χ4v) is 3.52. The van der Waals surface area contributed by atoms with Gasteiger partial charge in [0.1, 0.15) is 6.04 Å². The predicted octanol–water partition coefficient (Wildman–Crippen LogP) is 4.86. The van der Waals surface area contributed by atoms with Gasteiger partial charge in [-0.15, -0.1) is 0 Å². The van der Waals surface area contributed by atoms with Crippen molar-refractivity contribution in [2.75, 3.05) is 18.4 Å². The number of hydrogen-bond donors (Lipinski definition) is 2. The van der Waals surface area contributed by atoms with Crippen molar-refractivity contribution < 1.29 is 14.4 Å². The minimum absolute atomic E-state index is 0.00340. The maximum Gasteiger partial charge on any atom is 0.253 e. The zero-order valence-corrected chi connectivity index (χ0v) is 20.9. The van der Waals surface area contributed by atoms with E-state index >= 15 is 0 Å². The third-order valence-electron chi connectivity index (χ3n) is 5.68. The number of benzene rings is 2. The number of nitrogens with one attached hydrogen (secondary N) is 2. The van der Waals surface area contributed by atoms with Gasteiger partial charge in [0.25, 0.3) is 11.8 Å². The lowest BCUT2D eigenvalue weighted by Crippen LogP contribution is -2.47. The van der Waals surface area contributed by atoms with Crippen molar-refractivity contribution in [1.82, 2.24) is 10.2 Å². The molecule has 33 heavy (non-hydrogen) atoms. The van der Waals surface area contributed by atoms with Crippen LogP contribution in [-0.2, 0) is 10.2 Å². The number of carbonyl (C=O) groups is 3. The summed E-state index contributed by atoms with van der Waals surface area (Å²) in [6.45, 7) is 15.2. The molecule has 1 atom stereocenters. The van der Waals surface area contributed by atoms with Crippen LogP contribution in [0.25, 0.3) is 0 Å². The molecule has 2 N–H and O–H groups in total. The normalized spacial score (nSPS) is 12.2. The first-order chi connectivity index (χ1) is 15.5. The second-order valence-corrected chi connectivity index (χ2v) is 9.57. The Morgan fingerprint density at radius 1 is 0.909 bits per heavy atom. The second kappa shape index (κ2) is 11.1. The van der Waals surface area contributed by atoms with Crippen LogP contribution in [-0.4, -0.2) is 41.8 Å². The Balaban J connectivity index is 2.14. The van der Waals surface area contributed by atoms with Crippen LogP contribution in [0, 0.1) is 5.92 Å². The maximum atomic E-state index is 13.0. The fourth-order valence-electron chi connectivity index (χ4n) is 3.52. The first-order valence-electron chi connectivity index (χ1n) is 11.6. The molecule has 0 aliphatic carbocycles. The van der Waals surface area contributed by atoms with E-state index in [0.717, 1.165) is 5.56 Å². The van der Waals surface area contributed by atoms with Crippen LogP contribution in [0.5, 0.6) is 0 Å². The summed E-state index contributed by atoms with van der Waals surface area (Å²) in [7, 11) is 0. The van der Waals surface area contributed by atoms with Crippen molar-refractivity contribution in [2.24, 2.45) is 5.92 Å². The summed E-state index contributed by atoms with van der Waals surface area (Å²) in [4.78, 5) is 40.2. The highest BCUT2D eigenvalue weighted by molar-refractivity contribution is 6.02. The minimum atomic E-state index is -0.720. The molecule has 0 spiro atoms. The zero-order valence-electron chi connectivity index (χ0n) is 20.9. The van der Waals surface area contributed by atoms with Gasteiger partial charge in [0.15, 0.2) is 0 Å². The van der Waals surface area contributed by atoms with Gasteiger partial charge in [-0.05, 0) is 61.1 Å². The largest absolute Gasteiger partial charge is 0.340 e. The van der Waals surface area contributed by atoms with Crippen LogP contribution in [0.1, 0.15) is 74.7 Å². The molecule has 0 saturated heterocycles. The molecule has 0 unspecified atom stereocenters. The van der Waals surface area contributed by atoms with Gasteiger partial charge >= 0.3 is 0 Å². The van der Waals surface area contributed by atoms with E-state index in [-0.39, 0.29) is 29.1 Å². The van der Waals surface area contributed by atoms with Crippen molar-refractivity contribution in [2.45, 2.75) is 59.9 Å². The van der Waals surface area contributed by atoms with E-state index in [4.69, 9.17) is 0 Å². The van der Waals surface area contributed by atoms with Crippen molar-refractivity contribution in [3.8, 4) is 0 Å². The third-order valence-corrected chi connectivity index (χ3v) is 5.68. The third kappa shape index (κ3) is 6.91. The number of hydrogen-bond acceptors (Lipinski definition) is 3. The van der Waals surface area contributed by atoms with Gasteiger partial charge in [0.2, 0.25) is 5.91 Å². The summed E-state index contributed by atoms with van der Waals surface area (Å²) in [5.41, 5.74) is 2.67. The number of amides is 3. The summed E-state index contributed by atoms with van der Waals surface area (Å²) in [5.74, 6) is -0.821. The van der Waals surface area contributed by atoms with E-state index < -0.39 is 6.04 Å². The van der Waals surface area contributed by atoms with E-state index in [9.17, 15) is 14.4 Å². The Hall–Kier alpha value is -3.15. The van der Waals surface area contributed by atoms with E-state index in [2.05, 4.69) is 31.4 Å². The van der Waals surface area contributed by atoms with Gasteiger partial charge in [-0.25, -0.2) is 0 Å². The van der Waals surface area contributed by atoms with Crippen molar-refractivity contribution in [3.05, 3.63) is 65.2 Å². The van der Waals surface area contributed by atoms with Crippen LogP contribution in [0.3, 0.4) is 0 Å². The summed E-state index contributed by atoms with van der Waals surface area (Å²) in [5, 5.41) is 5.71. The molecule has 2 rings (SSSR count). The molecule has 3 amide bonds. The SMILES string of the molecule is CCN(CC)C(=O)c1cccc(NC(=O)[C@@H](NC(=O)c2ccc(C(C)(C)C)cc2)C(C)C)c1. The Bertz CT molecular complexity index is 971. The molecule has 0 aromatic heterocycles. The van der Waals surface area contributed by atoms with Crippen molar-refractivity contribution in [3.63, 3.8) is 0 Å². The van der Waals surface area contributed by atoms with Crippen molar-refractivity contribution >= 4 is 23.4 Å². The molecule has 0 fully saturated rings. The van der Waals surface area contributed by atoms with Gasteiger partial charge in [0, 0.05) is 29.9 Å². The van der Waals surface area contributed by atoms with Gasteiger partial charge in [0.05, 0.1) is 0 Å². The number of carbonyl (C=O) groups excluding carboxylic acids is 3. The topological polar surface area (TPSA) is 78.5 Å².